The lowest BCUT2D eigenvalue weighted by atomic mass is 10.2. The van der Waals surface area contributed by atoms with Crippen LogP contribution in [0.25, 0.3) is 0 Å². The summed E-state index contributed by atoms with van der Waals surface area (Å²) in [5, 5.41) is 29.7. The molecule has 0 fully saturated rings. The molecule has 0 atom stereocenters. The number of aromatic carboxylic acids is 1. The number of carboxylic acids is 1. The predicted molar refractivity (Wildman–Crippen MR) is 71.9 cm³/mol. The van der Waals surface area contributed by atoms with Gasteiger partial charge in [0.25, 0.3) is 0 Å². The molecule has 102 valence electrons. The van der Waals surface area contributed by atoms with Crippen LogP contribution >= 0.6 is 11.6 Å². The van der Waals surface area contributed by atoms with Gasteiger partial charge in [0, 0.05) is 6.07 Å². The van der Waals surface area contributed by atoms with E-state index >= 15 is 0 Å². The number of ether oxygens (including phenoxy) is 1. The molecule has 0 aliphatic carbocycles. The van der Waals surface area contributed by atoms with Crippen molar-refractivity contribution in [2.75, 3.05) is 12.0 Å². The van der Waals surface area contributed by atoms with Gasteiger partial charge in [-0.05, 0) is 13.0 Å². The minimum atomic E-state index is -1.18. The highest BCUT2D eigenvalue weighted by Gasteiger charge is 2.15. The Morgan fingerprint density at radius 2 is 2.15 bits per heavy atom. The molecule has 7 nitrogen and oxygen atoms in total. The average Bonchev–Trinajstić information content (AvgIpc) is 2.42. The van der Waals surface area contributed by atoms with Crippen LogP contribution in [0.1, 0.15) is 17.3 Å². The summed E-state index contributed by atoms with van der Waals surface area (Å²) in [5.74, 6) is -1.07. The number of hydrazone groups is 1. The maximum Gasteiger partial charge on any atom is 0.339 e. The monoisotopic (exact) mass is 292 g/mol. The fourth-order valence-electron chi connectivity index (χ4n) is 1.27. The number of nitriles is 2. The second-order valence-electron chi connectivity index (χ2n) is 3.36. The van der Waals surface area contributed by atoms with E-state index < -0.39 is 5.97 Å². The van der Waals surface area contributed by atoms with Crippen molar-refractivity contribution >= 4 is 29.0 Å². The van der Waals surface area contributed by atoms with Crippen molar-refractivity contribution in [3.63, 3.8) is 0 Å². The van der Waals surface area contributed by atoms with E-state index in [2.05, 4.69) is 10.5 Å². The quantitative estimate of drug-likeness (QED) is 0.634. The molecule has 0 bridgehead atoms. The molecule has 0 radical (unpaired) electrons. The highest BCUT2D eigenvalue weighted by atomic mass is 35.5. The Morgan fingerprint density at radius 1 is 1.50 bits per heavy atom. The van der Waals surface area contributed by atoms with Crippen molar-refractivity contribution in [1.29, 1.82) is 10.5 Å². The lowest BCUT2D eigenvalue weighted by molar-refractivity contribution is 0.0692. The lowest BCUT2D eigenvalue weighted by Crippen LogP contribution is -2.05. The fourth-order valence-corrected chi connectivity index (χ4v) is 1.48. The number of benzene rings is 1. The van der Waals surface area contributed by atoms with Crippen molar-refractivity contribution in [2.24, 2.45) is 5.10 Å². The highest BCUT2D eigenvalue weighted by molar-refractivity contribution is 6.33. The normalized spacial score (nSPS) is 9.00. The summed E-state index contributed by atoms with van der Waals surface area (Å²) in [4.78, 5) is 11.0. The van der Waals surface area contributed by atoms with Gasteiger partial charge in [0.2, 0.25) is 5.71 Å². The third-order valence-electron chi connectivity index (χ3n) is 2.10. The number of nitrogens with one attached hydrogen (secondary N) is 1. The number of carbonyl (C=O) groups is 1. The van der Waals surface area contributed by atoms with Crippen LogP contribution in [0.15, 0.2) is 17.2 Å². The zero-order valence-corrected chi connectivity index (χ0v) is 11.1. The molecule has 0 aromatic heterocycles. The van der Waals surface area contributed by atoms with Gasteiger partial charge in [0.05, 0.1) is 17.3 Å². The van der Waals surface area contributed by atoms with Crippen LogP contribution < -0.4 is 10.2 Å². The summed E-state index contributed by atoms with van der Waals surface area (Å²) >= 11 is 5.90. The Hall–Kier alpha value is -2.77. The van der Waals surface area contributed by atoms with Gasteiger partial charge in [-0.15, -0.1) is 0 Å². The SMILES string of the molecule is CCOc1cc(NN=C(C#N)C#N)c(Cl)cc1C(=O)O. The first-order valence-corrected chi connectivity index (χ1v) is 5.74. The molecule has 0 aliphatic rings. The van der Waals surface area contributed by atoms with Crippen molar-refractivity contribution in [3.05, 3.63) is 22.7 Å². The molecular formula is C12H9ClN4O3. The first-order chi connectivity index (χ1) is 9.53. The summed E-state index contributed by atoms with van der Waals surface area (Å²) in [6, 6.07) is 5.68. The number of hydrogen-bond donors (Lipinski definition) is 2. The topological polar surface area (TPSA) is 118 Å². The minimum Gasteiger partial charge on any atom is -0.493 e. The second kappa shape index (κ2) is 6.98. The maximum absolute atomic E-state index is 11.0. The Morgan fingerprint density at radius 3 is 2.65 bits per heavy atom. The molecule has 1 rings (SSSR count). The van der Waals surface area contributed by atoms with Gasteiger partial charge in [0.1, 0.15) is 23.5 Å². The molecule has 0 aliphatic heterocycles. The maximum atomic E-state index is 11.0. The Bertz CT molecular complexity index is 627. The first kappa shape index (κ1) is 15.3. The zero-order chi connectivity index (χ0) is 15.1. The molecule has 1 aromatic rings. The van der Waals surface area contributed by atoms with Crippen LogP contribution in [0.3, 0.4) is 0 Å². The van der Waals surface area contributed by atoms with Crippen molar-refractivity contribution in [2.45, 2.75) is 6.92 Å². The van der Waals surface area contributed by atoms with E-state index in [9.17, 15) is 4.79 Å². The first-order valence-electron chi connectivity index (χ1n) is 5.37. The van der Waals surface area contributed by atoms with Gasteiger partial charge < -0.3 is 9.84 Å². The van der Waals surface area contributed by atoms with E-state index in [1.54, 1.807) is 19.1 Å². The van der Waals surface area contributed by atoms with Crippen LogP contribution in [-0.2, 0) is 0 Å². The number of anilines is 1. The van der Waals surface area contributed by atoms with Crippen molar-refractivity contribution in [1.82, 2.24) is 0 Å². The number of nitrogens with zero attached hydrogens (tertiary/aromatic N) is 3. The van der Waals surface area contributed by atoms with E-state index in [1.165, 1.54) is 12.1 Å². The van der Waals surface area contributed by atoms with Gasteiger partial charge in [-0.1, -0.05) is 11.6 Å². The van der Waals surface area contributed by atoms with Crippen LogP contribution in [0.2, 0.25) is 5.02 Å². The van der Waals surface area contributed by atoms with Gasteiger partial charge in [-0.2, -0.15) is 15.6 Å². The fraction of sp³-hybridized carbons (Fsp3) is 0.167. The number of hydrogen-bond acceptors (Lipinski definition) is 6. The smallest absolute Gasteiger partial charge is 0.339 e. The number of rotatable bonds is 5. The summed E-state index contributed by atoms with van der Waals surface area (Å²) < 4.78 is 5.20. The van der Waals surface area contributed by atoms with E-state index in [4.69, 9.17) is 32.0 Å². The summed E-state index contributed by atoms with van der Waals surface area (Å²) in [7, 11) is 0. The Labute approximate surface area is 119 Å². The lowest BCUT2D eigenvalue weighted by Gasteiger charge is -2.11. The van der Waals surface area contributed by atoms with E-state index in [1.807, 2.05) is 0 Å². The van der Waals surface area contributed by atoms with Crippen LogP contribution in [0, 0.1) is 22.7 Å². The third-order valence-corrected chi connectivity index (χ3v) is 2.41. The average molecular weight is 293 g/mol. The molecular weight excluding hydrogens is 284 g/mol. The Kier molecular flexibility index (Phi) is 5.33. The molecule has 1 aromatic carbocycles. The molecule has 0 spiro atoms. The van der Waals surface area contributed by atoms with Crippen molar-refractivity contribution < 1.29 is 14.6 Å². The van der Waals surface area contributed by atoms with E-state index in [-0.39, 0.29) is 34.3 Å². The molecule has 0 unspecified atom stereocenters. The molecule has 0 saturated heterocycles. The molecule has 8 heteroatoms. The van der Waals surface area contributed by atoms with Crippen molar-refractivity contribution in [3.8, 4) is 17.9 Å². The number of carboxylic acid groups (broad SMARTS) is 1. The van der Waals surface area contributed by atoms with E-state index in [0.717, 1.165) is 0 Å². The number of halogens is 1. The molecule has 0 amide bonds. The summed E-state index contributed by atoms with van der Waals surface area (Å²) in [5.41, 5.74) is 2.16. The van der Waals surface area contributed by atoms with Gasteiger partial charge in [-0.25, -0.2) is 4.79 Å². The Balaban J connectivity index is 3.20. The van der Waals surface area contributed by atoms with Crippen LogP contribution in [-0.4, -0.2) is 23.4 Å². The van der Waals surface area contributed by atoms with Gasteiger partial charge in [0.15, 0.2) is 0 Å². The summed E-state index contributed by atoms with van der Waals surface area (Å²) in [6.07, 6.45) is 0. The van der Waals surface area contributed by atoms with Gasteiger partial charge >= 0.3 is 5.97 Å². The third kappa shape index (κ3) is 3.61. The zero-order valence-electron chi connectivity index (χ0n) is 10.3. The second-order valence-corrected chi connectivity index (χ2v) is 3.77. The predicted octanol–water partition coefficient (Wildman–Crippen LogP) is 2.25. The highest BCUT2D eigenvalue weighted by Crippen LogP contribution is 2.31. The van der Waals surface area contributed by atoms with E-state index in [0.29, 0.717) is 0 Å². The minimum absolute atomic E-state index is 0.0739. The largest absolute Gasteiger partial charge is 0.493 e. The van der Waals surface area contributed by atoms with Crippen LogP contribution in [0.4, 0.5) is 5.69 Å². The molecule has 2 N–H and O–H groups in total. The molecule has 20 heavy (non-hydrogen) atoms. The molecule has 0 heterocycles. The van der Waals surface area contributed by atoms with Crippen LogP contribution in [0.5, 0.6) is 5.75 Å². The molecule has 0 saturated carbocycles. The van der Waals surface area contributed by atoms with Gasteiger partial charge in [-0.3, -0.25) is 5.43 Å². The standard InChI is InChI=1S/C12H9ClN4O3/c1-2-20-11-4-10(17-16-7(5-14)6-15)9(13)3-8(11)12(18)19/h3-4,17H,2H2,1H3,(H,18,19). The summed E-state index contributed by atoms with van der Waals surface area (Å²) in [6.45, 7) is 1.97.